The van der Waals surface area contributed by atoms with Crippen molar-refractivity contribution >= 4 is 33.0 Å². The number of ether oxygens (including phenoxy) is 1. The number of nitrogens with zero attached hydrogens (tertiary/aromatic N) is 2. The molecular weight excluding hydrogens is 451 g/mol. The molecule has 2 aromatic heterocycles. The van der Waals surface area contributed by atoms with E-state index in [1.165, 1.54) is 42.1 Å². The molecule has 2 heterocycles. The average molecular weight is 468 g/mol. The van der Waals surface area contributed by atoms with Crippen molar-refractivity contribution in [3.05, 3.63) is 94.8 Å². The Morgan fingerprint density at radius 1 is 1.09 bits per heavy atom. The fraction of sp³-hybridized carbons (Fsp3) is 0.0455. The molecule has 0 spiro atoms. The normalized spacial score (nSPS) is 11.2. The smallest absolute Gasteiger partial charge is 0.270 e. The SMILES string of the molecule is COc1ccc(NC(=O)c2cnc3ccccn3c2=O)cc1NS(=O)(=O)c1ccc(F)cc1. The van der Waals surface area contributed by atoms with E-state index < -0.39 is 27.3 Å². The Morgan fingerprint density at radius 2 is 1.85 bits per heavy atom. The minimum absolute atomic E-state index is 0.0352. The molecule has 9 nitrogen and oxygen atoms in total. The first-order chi connectivity index (χ1) is 15.8. The molecule has 4 aromatic rings. The van der Waals surface area contributed by atoms with E-state index in [9.17, 15) is 22.4 Å². The first kappa shape index (κ1) is 22.0. The number of pyridine rings is 1. The van der Waals surface area contributed by atoms with Gasteiger partial charge in [0.25, 0.3) is 21.5 Å². The first-order valence-electron chi connectivity index (χ1n) is 9.53. The van der Waals surface area contributed by atoms with E-state index in [1.807, 2.05) is 0 Å². The van der Waals surface area contributed by atoms with Gasteiger partial charge in [0.15, 0.2) is 0 Å². The first-order valence-corrected chi connectivity index (χ1v) is 11.0. The molecule has 1 amide bonds. The fourth-order valence-electron chi connectivity index (χ4n) is 3.06. The molecule has 11 heteroatoms. The van der Waals surface area contributed by atoms with Gasteiger partial charge in [-0.05, 0) is 54.6 Å². The lowest BCUT2D eigenvalue weighted by atomic mass is 10.2. The highest BCUT2D eigenvalue weighted by Crippen LogP contribution is 2.30. The predicted octanol–water partition coefficient (Wildman–Crippen LogP) is 2.90. The summed E-state index contributed by atoms with van der Waals surface area (Å²) in [5.74, 6) is -1.11. The number of hydrogen-bond donors (Lipinski definition) is 2. The molecule has 33 heavy (non-hydrogen) atoms. The topological polar surface area (TPSA) is 119 Å². The fourth-order valence-corrected chi connectivity index (χ4v) is 4.13. The van der Waals surface area contributed by atoms with Gasteiger partial charge in [-0.2, -0.15) is 0 Å². The standard InChI is InChI=1S/C22H17FN4O5S/c1-32-19-10-7-15(12-18(19)26-33(30,31)16-8-5-14(23)6-9-16)25-21(28)17-13-24-20-4-2-3-11-27(20)22(17)29/h2-13,26H,1H3,(H,25,28). The van der Waals surface area contributed by atoms with Crippen LogP contribution in [0.2, 0.25) is 0 Å². The number of carbonyl (C=O) groups is 1. The number of anilines is 2. The van der Waals surface area contributed by atoms with Crippen LogP contribution in [0.25, 0.3) is 5.65 Å². The second kappa shape index (κ2) is 8.71. The van der Waals surface area contributed by atoms with Crippen LogP contribution in [-0.2, 0) is 10.0 Å². The molecule has 2 aromatic carbocycles. The van der Waals surface area contributed by atoms with Gasteiger partial charge in [0.1, 0.15) is 22.8 Å². The number of rotatable bonds is 6. The molecule has 0 saturated heterocycles. The Labute approximate surface area is 187 Å². The molecule has 0 aliphatic heterocycles. The highest BCUT2D eigenvalue weighted by Gasteiger charge is 2.19. The summed E-state index contributed by atoms with van der Waals surface area (Å²) in [6, 6.07) is 13.6. The third-order valence-corrected chi connectivity index (χ3v) is 6.07. The van der Waals surface area contributed by atoms with Crippen molar-refractivity contribution < 1.29 is 22.3 Å². The maximum atomic E-state index is 13.1. The highest BCUT2D eigenvalue weighted by molar-refractivity contribution is 7.92. The van der Waals surface area contributed by atoms with Crippen molar-refractivity contribution in [3.63, 3.8) is 0 Å². The number of fused-ring (bicyclic) bond motifs is 1. The van der Waals surface area contributed by atoms with Gasteiger partial charge in [0.05, 0.1) is 17.7 Å². The number of benzene rings is 2. The van der Waals surface area contributed by atoms with Gasteiger partial charge in [-0.15, -0.1) is 0 Å². The quantitative estimate of drug-likeness (QED) is 0.449. The van der Waals surface area contributed by atoms with E-state index in [2.05, 4.69) is 15.0 Å². The van der Waals surface area contributed by atoms with Crippen LogP contribution in [-0.4, -0.2) is 30.8 Å². The van der Waals surface area contributed by atoms with Crippen LogP contribution in [0.3, 0.4) is 0 Å². The van der Waals surface area contributed by atoms with Crippen molar-refractivity contribution in [1.29, 1.82) is 0 Å². The van der Waals surface area contributed by atoms with E-state index in [4.69, 9.17) is 4.74 Å². The number of hydrogen-bond acceptors (Lipinski definition) is 6. The summed E-state index contributed by atoms with van der Waals surface area (Å²) in [5, 5.41) is 2.56. The monoisotopic (exact) mass is 468 g/mol. The van der Waals surface area contributed by atoms with Gasteiger partial charge in [-0.25, -0.2) is 17.8 Å². The average Bonchev–Trinajstić information content (AvgIpc) is 2.79. The molecule has 0 aliphatic carbocycles. The lowest BCUT2D eigenvalue weighted by Gasteiger charge is -2.14. The molecule has 0 saturated carbocycles. The second-order valence-corrected chi connectivity index (χ2v) is 8.52. The third-order valence-electron chi connectivity index (χ3n) is 4.68. The zero-order chi connectivity index (χ0) is 23.6. The van der Waals surface area contributed by atoms with Gasteiger partial charge >= 0.3 is 0 Å². The molecule has 168 valence electrons. The van der Waals surface area contributed by atoms with Crippen molar-refractivity contribution in [2.24, 2.45) is 0 Å². The van der Waals surface area contributed by atoms with Crippen LogP contribution < -0.4 is 20.3 Å². The third kappa shape index (κ3) is 4.53. The maximum absolute atomic E-state index is 13.1. The number of methoxy groups -OCH3 is 1. The van der Waals surface area contributed by atoms with E-state index >= 15 is 0 Å². The number of nitrogens with one attached hydrogen (secondary N) is 2. The Bertz CT molecular complexity index is 1520. The van der Waals surface area contributed by atoms with Crippen molar-refractivity contribution in [1.82, 2.24) is 9.38 Å². The molecule has 0 unspecified atom stereocenters. The maximum Gasteiger partial charge on any atom is 0.270 e. The molecule has 0 fully saturated rings. The van der Waals surface area contributed by atoms with Gasteiger partial charge in [0.2, 0.25) is 0 Å². The van der Waals surface area contributed by atoms with Crippen molar-refractivity contribution in [3.8, 4) is 5.75 Å². The van der Waals surface area contributed by atoms with Gasteiger partial charge < -0.3 is 10.1 Å². The lowest BCUT2D eigenvalue weighted by molar-refractivity contribution is 0.102. The molecule has 0 bridgehead atoms. The second-order valence-electron chi connectivity index (χ2n) is 6.83. The summed E-state index contributed by atoms with van der Waals surface area (Å²) < 4.78 is 47.3. The van der Waals surface area contributed by atoms with Crippen molar-refractivity contribution in [2.75, 3.05) is 17.1 Å². The van der Waals surface area contributed by atoms with Gasteiger partial charge in [-0.1, -0.05) is 6.07 Å². The Balaban J connectivity index is 1.63. The number of halogens is 1. The summed E-state index contributed by atoms with van der Waals surface area (Å²) in [4.78, 5) is 29.3. The van der Waals surface area contributed by atoms with Crippen LogP contribution in [0.1, 0.15) is 10.4 Å². The van der Waals surface area contributed by atoms with Crippen molar-refractivity contribution in [2.45, 2.75) is 4.90 Å². The summed E-state index contributed by atoms with van der Waals surface area (Å²) in [5.41, 5.74) is -0.115. The molecular formula is C22H17FN4O5S. The summed E-state index contributed by atoms with van der Waals surface area (Å²) in [6.45, 7) is 0. The van der Waals surface area contributed by atoms with Crippen LogP contribution in [0.15, 0.2) is 82.7 Å². The zero-order valence-electron chi connectivity index (χ0n) is 17.2. The molecule has 4 rings (SSSR count). The molecule has 0 atom stereocenters. The molecule has 0 aliphatic rings. The predicted molar refractivity (Wildman–Crippen MR) is 120 cm³/mol. The Kier molecular flexibility index (Phi) is 5.80. The summed E-state index contributed by atoms with van der Waals surface area (Å²) in [7, 11) is -2.71. The minimum Gasteiger partial charge on any atom is -0.495 e. The largest absolute Gasteiger partial charge is 0.495 e. The number of amides is 1. The Morgan fingerprint density at radius 3 is 2.58 bits per heavy atom. The zero-order valence-corrected chi connectivity index (χ0v) is 18.0. The Hall–Kier alpha value is -4.25. The van der Waals surface area contributed by atoms with E-state index in [-0.39, 0.29) is 27.6 Å². The lowest BCUT2D eigenvalue weighted by Crippen LogP contribution is -2.26. The number of sulfonamides is 1. The van der Waals surface area contributed by atoms with E-state index in [0.29, 0.717) is 5.65 Å². The van der Waals surface area contributed by atoms with E-state index in [1.54, 1.807) is 18.2 Å². The molecule has 2 N–H and O–H groups in total. The van der Waals surface area contributed by atoms with Gasteiger partial charge in [0, 0.05) is 18.1 Å². The van der Waals surface area contributed by atoms with Crippen LogP contribution in [0.5, 0.6) is 5.75 Å². The van der Waals surface area contributed by atoms with Crippen LogP contribution in [0, 0.1) is 5.82 Å². The summed E-state index contributed by atoms with van der Waals surface area (Å²) >= 11 is 0. The molecule has 0 radical (unpaired) electrons. The van der Waals surface area contributed by atoms with Crippen LogP contribution in [0.4, 0.5) is 15.8 Å². The number of aromatic nitrogens is 2. The van der Waals surface area contributed by atoms with Crippen LogP contribution >= 0.6 is 0 Å². The minimum atomic E-state index is -4.06. The highest BCUT2D eigenvalue weighted by atomic mass is 32.2. The van der Waals surface area contributed by atoms with Gasteiger partial charge in [-0.3, -0.25) is 18.7 Å². The number of carbonyl (C=O) groups excluding carboxylic acids is 1. The van der Waals surface area contributed by atoms with E-state index in [0.717, 1.165) is 24.3 Å². The summed E-state index contributed by atoms with van der Waals surface area (Å²) in [6.07, 6.45) is 2.67.